The number of aromatic carboxylic acids is 1. The highest BCUT2D eigenvalue weighted by atomic mass is 32.2. The standard InChI is InChI=1S/C13H15N3O4S/c1-9-6-7-16(14-9)12-5-4-10(8-11(12)13(17)18)21(19,20)15(2)3/h4-8H,1-3H3,(H,17,18). The van der Waals surface area contributed by atoms with Crippen LogP contribution in [0.4, 0.5) is 0 Å². The van der Waals surface area contributed by atoms with Gasteiger partial charge in [0.25, 0.3) is 0 Å². The Morgan fingerprint density at radius 1 is 1.29 bits per heavy atom. The van der Waals surface area contributed by atoms with Crippen LogP contribution in [0.5, 0.6) is 0 Å². The van der Waals surface area contributed by atoms with Gasteiger partial charge >= 0.3 is 5.97 Å². The molecule has 21 heavy (non-hydrogen) atoms. The van der Waals surface area contributed by atoms with Gasteiger partial charge in [0.05, 0.1) is 21.8 Å². The van der Waals surface area contributed by atoms with Crippen molar-refractivity contribution < 1.29 is 18.3 Å². The molecule has 1 heterocycles. The molecule has 1 aromatic heterocycles. The molecule has 0 aliphatic rings. The number of carboxylic acid groups (broad SMARTS) is 1. The van der Waals surface area contributed by atoms with Crippen LogP contribution >= 0.6 is 0 Å². The Hall–Kier alpha value is -2.19. The van der Waals surface area contributed by atoms with Crippen molar-refractivity contribution in [3.63, 3.8) is 0 Å². The predicted octanol–water partition coefficient (Wildman–Crippen LogP) is 1.13. The van der Waals surface area contributed by atoms with Crippen molar-refractivity contribution >= 4 is 16.0 Å². The summed E-state index contributed by atoms with van der Waals surface area (Å²) in [7, 11) is -0.907. The Kier molecular flexibility index (Phi) is 3.84. The summed E-state index contributed by atoms with van der Waals surface area (Å²) in [5.74, 6) is -1.21. The van der Waals surface area contributed by atoms with Gasteiger partial charge < -0.3 is 5.11 Å². The number of carbonyl (C=O) groups is 1. The Bertz CT molecular complexity index is 793. The molecule has 8 heteroatoms. The number of benzene rings is 1. The van der Waals surface area contributed by atoms with Gasteiger partial charge in [-0.15, -0.1) is 0 Å². The van der Waals surface area contributed by atoms with E-state index in [9.17, 15) is 18.3 Å². The van der Waals surface area contributed by atoms with Crippen molar-refractivity contribution in [2.75, 3.05) is 14.1 Å². The highest BCUT2D eigenvalue weighted by Gasteiger charge is 2.21. The molecule has 0 aliphatic carbocycles. The van der Waals surface area contributed by atoms with Gasteiger partial charge in [0.1, 0.15) is 0 Å². The molecule has 0 fully saturated rings. The number of hydrogen-bond donors (Lipinski definition) is 1. The van der Waals surface area contributed by atoms with Crippen LogP contribution in [0.3, 0.4) is 0 Å². The third kappa shape index (κ3) is 2.81. The van der Waals surface area contributed by atoms with Gasteiger partial charge in [-0.05, 0) is 31.2 Å². The van der Waals surface area contributed by atoms with Gasteiger partial charge in [-0.3, -0.25) is 0 Å². The molecule has 2 rings (SSSR count). The molecule has 0 amide bonds. The maximum absolute atomic E-state index is 12.1. The lowest BCUT2D eigenvalue weighted by molar-refractivity contribution is 0.0696. The topological polar surface area (TPSA) is 92.5 Å². The molecule has 7 nitrogen and oxygen atoms in total. The van der Waals surface area contributed by atoms with E-state index in [1.807, 2.05) is 0 Å². The Morgan fingerprint density at radius 2 is 1.95 bits per heavy atom. The molecule has 0 saturated heterocycles. The third-order valence-corrected chi connectivity index (χ3v) is 4.76. The second kappa shape index (κ2) is 5.30. The van der Waals surface area contributed by atoms with Crippen molar-refractivity contribution in [2.24, 2.45) is 0 Å². The van der Waals surface area contributed by atoms with Crippen molar-refractivity contribution in [3.05, 3.63) is 41.7 Å². The van der Waals surface area contributed by atoms with Gasteiger partial charge in [0.2, 0.25) is 10.0 Å². The number of nitrogens with zero attached hydrogens (tertiary/aromatic N) is 3. The SMILES string of the molecule is Cc1ccn(-c2ccc(S(=O)(=O)N(C)C)cc2C(=O)O)n1. The molecular weight excluding hydrogens is 294 g/mol. The summed E-state index contributed by atoms with van der Waals surface area (Å²) in [6.45, 7) is 1.78. The van der Waals surface area contributed by atoms with Gasteiger partial charge in [-0.1, -0.05) is 0 Å². The van der Waals surface area contributed by atoms with Crippen LogP contribution in [0, 0.1) is 6.92 Å². The molecule has 1 aromatic carbocycles. The van der Waals surface area contributed by atoms with Gasteiger partial charge in [-0.2, -0.15) is 5.10 Å². The monoisotopic (exact) mass is 309 g/mol. The molecule has 0 saturated carbocycles. The quantitative estimate of drug-likeness (QED) is 0.914. The lowest BCUT2D eigenvalue weighted by Gasteiger charge is -2.13. The summed E-state index contributed by atoms with van der Waals surface area (Å²) in [6.07, 6.45) is 1.62. The average Bonchev–Trinajstić information content (AvgIpc) is 2.84. The molecule has 0 atom stereocenters. The zero-order valence-corrected chi connectivity index (χ0v) is 12.6. The third-order valence-electron chi connectivity index (χ3n) is 2.95. The number of hydrogen-bond acceptors (Lipinski definition) is 4. The molecule has 0 bridgehead atoms. The van der Waals surface area contributed by atoms with E-state index >= 15 is 0 Å². The molecule has 0 radical (unpaired) electrons. The van der Waals surface area contributed by atoms with Crippen LogP contribution in [0.25, 0.3) is 5.69 Å². The molecule has 2 aromatic rings. The van der Waals surface area contributed by atoms with Crippen LogP contribution in [-0.2, 0) is 10.0 Å². The highest BCUT2D eigenvalue weighted by molar-refractivity contribution is 7.89. The first-order chi connectivity index (χ1) is 9.73. The summed E-state index contributed by atoms with van der Waals surface area (Å²) in [5, 5.41) is 13.5. The van der Waals surface area contributed by atoms with Crippen LogP contribution < -0.4 is 0 Å². The van der Waals surface area contributed by atoms with E-state index in [2.05, 4.69) is 5.10 Å². The zero-order valence-electron chi connectivity index (χ0n) is 11.8. The molecule has 0 aliphatic heterocycles. The first-order valence-corrected chi connectivity index (χ1v) is 7.50. The highest BCUT2D eigenvalue weighted by Crippen LogP contribution is 2.21. The van der Waals surface area contributed by atoms with E-state index in [-0.39, 0.29) is 10.5 Å². The second-order valence-electron chi connectivity index (χ2n) is 4.67. The zero-order chi connectivity index (χ0) is 15.8. The van der Waals surface area contributed by atoms with E-state index in [4.69, 9.17) is 0 Å². The molecule has 0 unspecified atom stereocenters. The molecule has 112 valence electrons. The van der Waals surface area contributed by atoms with Crippen molar-refractivity contribution in [2.45, 2.75) is 11.8 Å². The van der Waals surface area contributed by atoms with Crippen LogP contribution in [0.1, 0.15) is 16.1 Å². The van der Waals surface area contributed by atoms with E-state index in [0.29, 0.717) is 5.69 Å². The van der Waals surface area contributed by atoms with E-state index in [1.165, 1.54) is 30.9 Å². The van der Waals surface area contributed by atoms with Crippen molar-refractivity contribution in [3.8, 4) is 5.69 Å². The summed E-state index contributed by atoms with van der Waals surface area (Å²) in [6, 6.07) is 5.68. The Morgan fingerprint density at radius 3 is 2.43 bits per heavy atom. The largest absolute Gasteiger partial charge is 0.478 e. The second-order valence-corrected chi connectivity index (χ2v) is 6.83. The fraction of sp³-hybridized carbons (Fsp3) is 0.231. The van der Waals surface area contributed by atoms with Crippen LogP contribution in [-0.4, -0.2) is 47.7 Å². The Labute approximate surface area is 122 Å². The summed E-state index contributed by atoms with van der Waals surface area (Å²) >= 11 is 0. The normalized spacial score (nSPS) is 11.8. The first kappa shape index (κ1) is 15.2. The minimum absolute atomic E-state index is 0.0717. The number of rotatable bonds is 4. The molecule has 1 N–H and O–H groups in total. The lowest BCUT2D eigenvalue weighted by atomic mass is 10.2. The van der Waals surface area contributed by atoms with Gasteiger partial charge in [0.15, 0.2) is 0 Å². The van der Waals surface area contributed by atoms with Crippen LogP contribution in [0.2, 0.25) is 0 Å². The fourth-order valence-electron chi connectivity index (χ4n) is 1.81. The van der Waals surface area contributed by atoms with Crippen molar-refractivity contribution in [1.29, 1.82) is 0 Å². The van der Waals surface area contributed by atoms with E-state index in [0.717, 1.165) is 16.1 Å². The summed E-state index contributed by atoms with van der Waals surface area (Å²) < 4.78 is 26.6. The van der Waals surface area contributed by atoms with E-state index in [1.54, 1.807) is 19.2 Å². The molecular formula is C13H15N3O4S. The number of aromatic nitrogens is 2. The average molecular weight is 309 g/mol. The summed E-state index contributed by atoms with van der Waals surface area (Å²) in [5.41, 5.74) is 0.922. The number of sulfonamides is 1. The lowest BCUT2D eigenvalue weighted by Crippen LogP contribution is -2.22. The van der Waals surface area contributed by atoms with E-state index < -0.39 is 16.0 Å². The minimum atomic E-state index is -3.69. The maximum atomic E-state index is 12.1. The minimum Gasteiger partial charge on any atom is -0.478 e. The van der Waals surface area contributed by atoms with Crippen molar-refractivity contribution in [1.82, 2.24) is 14.1 Å². The summed E-state index contributed by atoms with van der Waals surface area (Å²) in [4.78, 5) is 11.3. The molecule has 0 spiro atoms. The van der Waals surface area contributed by atoms with Gasteiger partial charge in [0, 0.05) is 20.3 Å². The van der Waals surface area contributed by atoms with Gasteiger partial charge in [-0.25, -0.2) is 22.2 Å². The predicted molar refractivity (Wildman–Crippen MR) is 76.1 cm³/mol. The Balaban J connectivity index is 2.64. The van der Waals surface area contributed by atoms with Crippen LogP contribution in [0.15, 0.2) is 35.4 Å². The number of aryl methyl sites for hydroxylation is 1. The fourth-order valence-corrected chi connectivity index (χ4v) is 2.74. The first-order valence-electron chi connectivity index (χ1n) is 6.06. The maximum Gasteiger partial charge on any atom is 0.337 e. The number of carboxylic acids is 1. The smallest absolute Gasteiger partial charge is 0.337 e.